The first-order valence-corrected chi connectivity index (χ1v) is 13.8. The molecule has 0 radical (unpaired) electrons. The van der Waals surface area contributed by atoms with Gasteiger partial charge in [-0.3, -0.25) is 4.79 Å². The molecule has 3 aromatic rings. The quantitative estimate of drug-likeness (QED) is 0.311. The van der Waals surface area contributed by atoms with Gasteiger partial charge in [-0.15, -0.1) is 0 Å². The van der Waals surface area contributed by atoms with E-state index in [9.17, 15) is 28.2 Å². The molecule has 12 heteroatoms. The van der Waals surface area contributed by atoms with E-state index < -0.39 is 45.3 Å². The lowest BCUT2D eigenvalue weighted by Gasteiger charge is -2.29. The van der Waals surface area contributed by atoms with Gasteiger partial charge in [-0.1, -0.05) is 35.9 Å². The van der Waals surface area contributed by atoms with E-state index >= 15 is 4.39 Å². The van der Waals surface area contributed by atoms with Crippen LogP contribution in [0.4, 0.5) is 20.6 Å². The summed E-state index contributed by atoms with van der Waals surface area (Å²) in [6.45, 7) is 0. The van der Waals surface area contributed by atoms with Gasteiger partial charge in [0.15, 0.2) is 9.84 Å². The first-order chi connectivity index (χ1) is 17.9. The lowest BCUT2D eigenvalue weighted by molar-refractivity contribution is -0.122. The summed E-state index contributed by atoms with van der Waals surface area (Å²) < 4.78 is 39.4. The molecule has 1 saturated carbocycles. The van der Waals surface area contributed by atoms with Crippen molar-refractivity contribution in [3.8, 4) is 11.1 Å². The van der Waals surface area contributed by atoms with Crippen LogP contribution in [0.5, 0.6) is 0 Å². The predicted molar refractivity (Wildman–Crippen MR) is 141 cm³/mol. The molecular weight excluding hydrogens is 537 g/mol. The number of sulfone groups is 1. The number of nitrogens with one attached hydrogen (secondary N) is 3. The van der Waals surface area contributed by atoms with Crippen LogP contribution in [-0.2, 0) is 14.6 Å². The second-order valence-corrected chi connectivity index (χ2v) is 11.5. The van der Waals surface area contributed by atoms with Gasteiger partial charge >= 0.3 is 6.03 Å². The zero-order valence-electron chi connectivity index (χ0n) is 20.1. The van der Waals surface area contributed by atoms with Crippen LogP contribution in [0, 0.1) is 5.82 Å². The van der Waals surface area contributed by atoms with Crippen molar-refractivity contribution in [2.24, 2.45) is 0 Å². The number of hydrogen-bond acceptors (Lipinski definition) is 6. The van der Waals surface area contributed by atoms with Gasteiger partial charge in [-0.05, 0) is 48.0 Å². The molecule has 2 unspecified atom stereocenters. The molecular formula is C26H25ClFN3O6S. The van der Waals surface area contributed by atoms with Crippen molar-refractivity contribution in [3.63, 3.8) is 0 Å². The molecule has 4 rings (SSSR count). The third kappa shape index (κ3) is 5.97. The number of halogens is 2. The maximum absolute atomic E-state index is 15.1. The minimum absolute atomic E-state index is 0.0277. The van der Waals surface area contributed by atoms with E-state index in [-0.39, 0.29) is 29.0 Å². The molecule has 0 saturated heterocycles. The fraction of sp³-hybridized carbons (Fsp3) is 0.231. The summed E-state index contributed by atoms with van der Waals surface area (Å²) in [4.78, 5) is 26.0. The summed E-state index contributed by atoms with van der Waals surface area (Å²) in [7, 11) is -3.58. The number of rotatable bonds is 6. The number of aliphatic hydroxyl groups is 2. The van der Waals surface area contributed by atoms with Gasteiger partial charge in [0.1, 0.15) is 11.4 Å². The molecule has 38 heavy (non-hydrogen) atoms. The number of amides is 3. The zero-order valence-corrected chi connectivity index (χ0v) is 21.7. The van der Waals surface area contributed by atoms with Gasteiger partial charge in [0, 0.05) is 35.4 Å². The normalized spacial score (nSPS) is 21.1. The lowest BCUT2D eigenvalue weighted by Crippen LogP contribution is -2.56. The second-order valence-electron chi connectivity index (χ2n) is 9.13. The van der Waals surface area contributed by atoms with Gasteiger partial charge in [-0.25, -0.2) is 17.6 Å². The molecule has 1 fully saturated rings. The predicted octanol–water partition coefficient (Wildman–Crippen LogP) is 3.56. The molecule has 0 bridgehead atoms. The summed E-state index contributed by atoms with van der Waals surface area (Å²) in [5.41, 5.74) is -1.01. The Labute approximate surface area is 223 Å². The Balaban J connectivity index is 1.57. The van der Waals surface area contributed by atoms with Gasteiger partial charge in [-0.2, -0.15) is 0 Å². The summed E-state index contributed by atoms with van der Waals surface area (Å²) in [6, 6.07) is 15.4. The van der Waals surface area contributed by atoms with Gasteiger partial charge < -0.3 is 26.2 Å². The highest BCUT2D eigenvalue weighted by atomic mass is 35.5. The average Bonchev–Trinajstić information content (AvgIpc) is 3.15. The first kappa shape index (κ1) is 27.5. The molecule has 2 atom stereocenters. The maximum atomic E-state index is 15.1. The Morgan fingerprint density at radius 1 is 0.974 bits per heavy atom. The summed E-state index contributed by atoms with van der Waals surface area (Å²) >= 11 is 5.85. The number of aliphatic hydroxyl groups excluding tert-OH is 2. The topological polar surface area (TPSA) is 145 Å². The van der Waals surface area contributed by atoms with Crippen molar-refractivity contribution in [2.75, 3.05) is 16.9 Å². The fourth-order valence-corrected chi connectivity index (χ4v) is 5.42. The van der Waals surface area contributed by atoms with Crippen LogP contribution < -0.4 is 16.0 Å². The monoisotopic (exact) mass is 561 g/mol. The lowest BCUT2D eigenvalue weighted by atomic mass is 9.95. The Hall–Kier alpha value is -3.51. The third-order valence-electron chi connectivity index (χ3n) is 6.26. The smallest absolute Gasteiger partial charge is 0.320 e. The highest BCUT2D eigenvalue weighted by Crippen LogP contribution is 2.34. The van der Waals surface area contributed by atoms with E-state index in [0.717, 1.165) is 12.3 Å². The number of carbonyl (C=O) groups is 2. The minimum atomic E-state index is -3.58. The zero-order chi connectivity index (χ0) is 27.7. The molecule has 0 heterocycles. The maximum Gasteiger partial charge on any atom is 0.320 e. The van der Waals surface area contributed by atoms with E-state index in [1.165, 1.54) is 18.2 Å². The molecule has 5 N–H and O–H groups in total. The number of benzene rings is 3. The Morgan fingerprint density at radius 3 is 2.21 bits per heavy atom. The number of urea groups is 1. The minimum Gasteiger partial charge on any atom is -0.390 e. The van der Waals surface area contributed by atoms with Gasteiger partial charge in [0.25, 0.3) is 0 Å². The van der Waals surface area contributed by atoms with Crippen LogP contribution in [-0.4, -0.2) is 54.6 Å². The molecule has 0 aromatic heterocycles. The molecule has 9 nitrogen and oxygen atoms in total. The van der Waals surface area contributed by atoms with Gasteiger partial charge in [0.2, 0.25) is 5.91 Å². The highest BCUT2D eigenvalue weighted by Gasteiger charge is 2.50. The van der Waals surface area contributed by atoms with Crippen LogP contribution >= 0.6 is 11.6 Å². The summed E-state index contributed by atoms with van der Waals surface area (Å²) in [5.74, 6) is -1.69. The van der Waals surface area contributed by atoms with Crippen molar-refractivity contribution in [2.45, 2.75) is 35.5 Å². The van der Waals surface area contributed by atoms with Gasteiger partial charge in [0.05, 0.1) is 22.8 Å². The molecule has 200 valence electrons. The fourth-order valence-electron chi connectivity index (χ4n) is 4.38. The Kier molecular flexibility index (Phi) is 7.75. The Morgan fingerprint density at radius 2 is 1.61 bits per heavy atom. The average molecular weight is 562 g/mol. The number of carbonyl (C=O) groups excluding carboxylic acids is 2. The van der Waals surface area contributed by atoms with E-state index in [0.29, 0.717) is 16.3 Å². The van der Waals surface area contributed by atoms with Crippen LogP contribution in [0.1, 0.15) is 12.8 Å². The van der Waals surface area contributed by atoms with Crippen molar-refractivity contribution in [3.05, 3.63) is 77.6 Å². The molecule has 3 amide bonds. The molecule has 1 aliphatic carbocycles. The highest BCUT2D eigenvalue weighted by molar-refractivity contribution is 7.90. The van der Waals surface area contributed by atoms with Crippen LogP contribution in [0.15, 0.2) is 71.6 Å². The number of anilines is 2. The molecule has 0 aliphatic heterocycles. The van der Waals surface area contributed by atoms with Crippen molar-refractivity contribution in [1.82, 2.24) is 5.32 Å². The second kappa shape index (κ2) is 10.7. The van der Waals surface area contributed by atoms with Crippen LogP contribution in [0.25, 0.3) is 11.1 Å². The van der Waals surface area contributed by atoms with Crippen molar-refractivity contribution >= 4 is 44.8 Å². The third-order valence-corrected chi connectivity index (χ3v) is 7.67. The molecule has 1 aliphatic rings. The Bertz CT molecular complexity index is 1470. The van der Waals surface area contributed by atoms with Crippen LogP contribution in [0.2, 0.25) is 5.02 Å². The van der Waals surface area contributed by atoms with E-state index in [1.54, 1.807) is 42.5 Å². The largest absolute Gasteiger partial charge is 0.390 e. The van der Waals surface area contributed by atoms with E-state index in [4.69, 9.17) is 11.6 Å². The SMILES string of the molecule is CS(=O)(=O)c1ccccc1-c1ccc(NC(=O)C2(NC(=O)Nc3ccc(Cl)cc3)CC(O)C(O)C2)c(F)c1. The van der Waals surface area contributed by atoms with E-state index in [2.05, 4.69) is 16.0 Å². The summed E-state index contributed by atoms with van der Waals surface area (Å²) in [5, 5.41) is 28.2. The van der Waals surface area contributed by atoms with Crippen molar-refractivity contribution < 1.29 is 32.6 Å². The standard InChI is InChI=1S/C26H25ClFN3O6S/c1-38(36,37)23-5-3-2-4-18(23)15-6-11-20(19(28)12-15)30-24(34)26(13-21(32)22(33)14-26)31-25(35)29-17-9-7-16(27)8-10-17/h2-12,21-22,32-33H,13-14H2,1H3,(H,30,34)(H2,29,31,35). The number of hydrogen-bond donors (Lipinski definition) is 5. The van der Waals surface area contributed by atoms with Crippen molar-refractivity contribution in [1.29, 1.82) is 0 Å². The van der Waals surface area contributed by atoms with Crippen LogP contribution in [0.3, 0.4) is 0 Å². The molecule has 3 aromatic carbocycles. The summed E-state index contributed by atoms with van der Waals surface area (Å²) in [6.07, 6.45) is -2.16. The first-order valence-electron chi connectivity index (χ1n) is 11.5. The van der Waals surface area contributed by atoms with E-state index in [1.807, 2.05) is 0 Å². The molecule has 0 spiro atoms.